The van der Waals surface area contributed by atoms with E-state index in [-0.39, 0.29) is 36.4 Å². The number of hydrogen-bond donors (Lipinski definition) is 1. The van der Waals surface area contributed by atoms with E-state index in [2.05, 4.69) is 26.3 Å². The second-order valence-corrected chi connectivity index (χ2v) is 7.64. The molecule has 1 aromatic heterocycles. The van der Waals surface area contributed by atoms with E-state index in [1.807, 2.05) is 0 Å². The van der Waals surface area contributed by atoms with Gasteiger partial charge in [0.25, 0.3) is 11.8 Å². The molecule has 0 radical (unpaired) electrons. The maximum absolute atomic E-state index is 14.3. The molecule has 0 bridgehead atoms. The van der Waals surface area contributed by atoms with Crippen molar-refractivity contribution in [3.63, 3.8) is 0 Å². The van der Waals surface area contributed by atoms with Gasteiger partial charge in [0.05, 0.1) is 11.1 Å². The first-order valence-electron chi connectivity index (χ1n) is 9.19. The standard InChI is InChI=1S/C21H16BrFN4O3/c22-13-4-6-15-16(11-13)21(30)26(20(15)29)9-1-3-19(28)25-14-5-7-18(17(23)12-14)27-10-2-8-24-27/h2,4-8,10-12H,1,3,9H2,(H,25,28). The molecule has 0 unspecified atom stereocenters. The molecule has 152 valence electrons. The van der Waals surface area contributed by atoms with Crippen LogP contribution in [0.15, 0.2) is 59.3 Å². The molecule has 1 N–H and O–H groups in total. The summed E-state index contributed by atoms with van der Waals surface area (Å²) in [5.41, 5.74) is 1.31. The number of fused-ring (bicyclic) bond motifs is 1. The van der Waals surface area contributed by atoms with Crippen molar-refractivity contribution in [2.45, 2.75) is 12.8 Å². The third kappa shape index (κ3) is 3.88. The zero-order chi connectivity index (χ0) is 21.3. The van der Waals surface area contributed by atoms with Gasteiger partial charge in [-0.25, -0.2) is 9.07 Å². The molecule has 0 fully saturated rings. The van der Waals surface area contributed by atoms with Crippen LogP contribution < -0.4 is 5.32 Å². The second-order valence-electron chi connectivity index (χ2n) is 6.72. The Morgan fingerprint density at radius 2 is 1.90 bits per heavy atom. The highest BCUT2D eigenvalue weighted by molar-refractivity contribution is 9.10. The van der Waals surface area contributed by atoms with E-state index in [0.717, 1.165) is 9.37 Å². The van der Waals surface area contributed by atoms with Crippen LogP contribution in [0.2, 0.25) is 0 Å². The zero-order valence-electron chi connectivity index (χ0n) is 15.6. The van der Waals surface area contributed by atoms with Gasteiger partial charge in [0.15, 0.2) is 5.82 Å². The number of nitrogens with one attached hydrogen (secondary N) is 1. The monoisotopic (exact) mass is 470 g/mol. The summed E-state index contributed by atoms with van der Waals surface area (Å²) in [5, 5.41) is 6.60. The molecule has 0 aliphatic carbocycles. The number of carbonyl (C=O) groups excluding carboxylic acids is 3. The third-order valence-corrected chi connectivity index (χ3v) is 5.19. The Labute approximate surface area is 179 Å². The fourth-order valence-corrected chi connectivity index (χ4v) is 3.63. The molecule has 4 rings (SSSR count). The lowest BCUT2D eigenvalue weighted by Crippen LogP contribution is -2.31. The highest BCUT2D eigenvalue weighted by atomic mass is 79.9. The molecule has 1 aliphatic rings. The number of hydrogen-bond acceptors (Lipinski definition) is 4. The van der Waals surface area contributed by atoms with Crippen LogP contribution in [0, 0.1) is 5.82 Å². The molecule has 7 nitrogen and oxygen atoms in total. The van der Waals surface area contributed by atoms with E-state index in [0.29, 0.717) is 23.2 Å². The van der Waals surface area contributed by atoms with Crippen molar-refractivity contribution >= 4 is 39.3 Å². The largest absolute Gasteiger partial charge is 0.326 e. The summed E-state index contributed by atoms with van der Waals surface area (Å²) in [6.45, 7) is 0.129. The van der Waals surface area contributed by atoms with Gasteiger partial charge in [0, 0.05) is 35.5 Å². The number of carbonyl (C=O) groups is 3. The van der Waals surface area contributed by atoms with Gasteiger partial charge in [-0.3, -0.25) is 19.3 Å². The lowest BCUT2D eigenvalue weighted by Gasteiger charge is -2.13. The maximum atomic E-state index is 14.3. The Hall–Kier alpha value is -3.33. The van der Waals surface area contributed by atoms with E-state index in [1.165, 1.54) is 16.8 Å². The Kier molecular flexibility index (Phi) is 5.45. The summed E-state index contributed by atoms with van der Waals surface area (Å²) < 4.78 is 16.4. The molecular weight excluding hydrogens is 455 g/mol. The van der Waals surface area contributed by atoms with Crippen molar-refractivity contribution in [3.8, 4) is 5.69 Å². The molecular formula is C21H16BrFN4O3. The number of rotatable bonds is 6. The highest BCUT2D eigenvalue weighted by Crippen LogP contribution is 2.26. The van der Waals surface area contributed by atoms with E-state index < -0.39 is 5.82 Å². The minimum Gasteiger partial charge on any atom is -0.326 e. The number of amides is 3. The number of halogens is 2. The number of aromatic nitrogens is 2. The van der Waals surface area contributed by atoms with Crippen molar-refractivity contribution in [1.29, 1.82) is 0 Å². The van der Waals surface area contributed by atoms with Crippen LogP contribution in [-0.4, -0.2) is 38.9 Å². The predicted molar refractivity (Wildman–Crippen MR) is 111 cm³/mol. The average molecular weight is 471 g/mol. The summed E-state index contributed by atoms with van der Waals surface area (Å²) in [7, 11) is 0. The van der Waals surface area contributed by atoms with Gasteiger partial charge in [-0.05, 0) is 48.9 Å². The lowest BCUT2D eigenvalue weighted by molar-refractivity contribution is -0.116. The van der Waals surface area contributed by atoms with Crippen LogP contribution in [0.5, 0.6) is 0 Å². The highest BCUT2D eigenvalue weighted by Gasteiger charge is 2.35. The van der Waals surface area contributed by atoms with Crippen LogP contribution in [0.3, 0.4) is 0 Å². The van der Waals surface area contributed by atoms with Crippen molar-refractivity contribution < 1.29 is 18.8 Å². The normalized spacial score (nSPS) is 12.9. The smallest absolute Gasteiger partial charge is 0.261 e. The molecule has 3 aromatic rings. The lowest BCUT2D eigenvalue weighted by atomic mass is 10.1. The second kappa shape index (κ2) is 8.19. The minimum absolute atomic E-state index is 0.0830. The van der Waals surface area contributed by atoms with Gasteiger partial charge >= 0.3 is 0 Å². The van der Waals surface area contributed by atoms with E-state index in [9.17, 15) is 18.8 Å². The van der Waals surface area contributed by atoms with Gasteiger partial charge in [-0.15, -0.1) is 0 Å². The molecule has 0 spiro atoms. The number of imide groups is 1. The van der Waals surface area contributed by atoms with Crippen molar-refractivity contribution in [3.05, 3.63) is 76.3 Å². The van der Waals surface area contributed by atoms with Gasteiger partial charge < -0.3 is 5.32 Å². The molecule has 30 heavy (non-hydrogen) atoms. The average Bonchev–Trinajstić information content (AvgIpc) is 3.31. The molecule has 0 saturated carbocycles. The molecule has 9 heteroatoms. The summed E-state index contributed by atoms with van der Waals surface area (Å²) in [4.78, 5) is 38.2. The minimum atomic E-state index is -0.520. The Bertz CT molecular complexity index is 1150. The van der Waals surface area contributed by atoms with Gasteiger partial charge in [0.1, 0.15) is 5.69 Å². The summed E-state index contributed by atoms with van der Waals surface area (Å²) in [6.07, 6.45) is 3.54. The first-order valence-corrected chi connectivity index (χ1v) is 9.98. The van der Waals surface area contributed by atoms with E-state index in [4.69, 9.17) is 0 Å². The quantitative estimate of drug-likeness (QED) is 0.555. The Morgan fingerprint density at radius 3 is 2.63 bits per heavy atom. The molecule has 2 aromatic carbocycles. The van der Waals surface area contributed by atoms with Crippen LogP contribution in [0.4, 0.5) is 10.1 Å². The van der Waals surface area contributed by atoms with Gasteiger partial charge in [0.2, 0.25) is 5.91 Å². The molecule has 0 atom stereocenters. The summed E-state index contributed by atoms with van der Waals surface area (Å²) >= 11 is 3.29. The zero-order valence-corrected chi connectivity index (χ0v) is 17.2. The fourth-order valence-electron chi connectivity index (χ4n) is 3.27. The number of anilines is 1. The first kappa shape index (κ1) is 20.0. The number of nitrogens with zero attached hydrogens (tertiary/aromatic N) is 3. The Morgan fingerprint density at radius 1 is 1.10 bits per heavy atom. The van der Waals surface area contributed by atoms with Crippen LogP contribution in [0.1, 0.15) is 33.6 Å². The molecule has 3 amide bonds. The Balaban J connectivity index is 1.32. The fraction of sp³-hybridized carbons (Fsp3) is 0.143. The summed E-state index contributed by atoms with van der Waals surface area (Å²) in [6, 6.07) is 10.9. The van der Waals surface area contributed by atoms with E-state index in [1.54, 1.807) is 42.7 Å². The maximum Gasteiger partial charge on any atom is 0.261 e. The molecule has 1 aliphatic heterocycles. The van der Waals surface area contributed by atoms with Crippen molar-refractivity contribution in [1.82, 2.24) is 14.7 Å². The van der Waals surface area contributed by atoms with E-state index >= 15 is 0 Å². The van der Waals surface area contributed by atoms with Crippen molar-refractivity contribution in [2.75, 3.05) is 11.9 Å². The topological polar surface area (TPSA) is 84.3 Å². The van der Waals surface area contributed by atoms with Gasteiger partial charge in [-0.2, -0.15) is 5.10 Å². The first-order chi connectivity index (χ1) is 14.4. The van der Waals surface area contributed by atoms with Crippen LogP contribution in [-0.2, 0) is 4.79 Å². The molecule has 0 saturated heterocycles. The molecule has 2 heterocycles. The number of benzene rings is 2. The SMILES string of the molecule is O=C(CCCN1C(=O)c2ccc(Br)cc2C1=O)Nc1ccc(-n2cccn2)c(F)c1. The predicted octanol–water partition coefficient (Wildman–Crippen LogP) is 3.79. The van der Waals surface area contributed by atoms with Crippen molar-refractivity contribution in [2.24, 2.45) is 0 Å². The van der Waals surface area contributed by atoms with Crippen LogP contribution in [0.25, 0.3) is 5.69 Å². The summed E-state index contributed by atoms with van der Waals surface area (Å²) in [5.74, 6) is -1.58. The van der Waals surface area contributed by atoms with Crippen LogP contribution >= 0.6 is 15.9 Å². The third-order valence-electron chi connectivity index (χ3n) is 4.70. The van der Waals surface area contributed by atoms with Gasteiger partial charge in [-0.1, -0.05) is 15.9 Å².